The van der Waals surface area contributed by atoms with Crippen LogP contribution in [0.3, 0.4) is 0 Å². The first-order chi connectivity index (χ1) is 7.71. The number of hydrogen-bond donors (Lipinski definition) is 1. The van der Waals surface area contributed by atoms with Crippen LogP contribution in [0.15, 0.2) is 0 Å². The molecule has 1 heterocycles. The number of aliphatic carboxylic acids is 1. The fraction of sp³-hybridized carbons (Fsp3) is 0.727. The molecule has 0 radical (unpaired) electrons. The maximum absolute atomic E-state index is 10.9. The Labute approximate surface area is 106 Å². The Morgan fingerprint density at radius 2 is 2.06 bits per heavy atom. The van der Waals surface area contributed by atoms with Gasteiger partial charge < -0.3 is 10.0 Å². The van der Waals surface area contributed by atoms with Crippen LogP contribution < -0.4 is 4.90 Å². The lowest BCUT2D eigenvalue weighted by Crippen LogP contribution is -2.44. The monoisotopic (exact) mass is 257 g/mol. The predicted molar refractivity (Wildman–Crippen MR) is 68.7 cm³/mol. The fourth-order valence-electron chi connectivity index (χ4n) is 1.30. The Kier molecular flexibility index (Phi) is 4.08. The average molecular weight is 257 g/mol. The highest BCUT2D eigenvalue weighted by Crippen LogP contribution is 2.27. The number of hydrogen-bond acceptors (Lipinski definition) is 5. The Bertz CT molecular complexity index is 396. The molecule has 96 valence electrons. The smallest absolute Gasteiger partial charge is 0.323 e. The molecule has 0 saturated carbocycles. The van der Waals surface area contributed by atoms with Crippen LogP contribution >= 0.6 is 11.5 Å². The van der Waals surface area contributed by atoms with Gasteiger partial charge in [-0.25, -0.2) is 4.98 Å². The summed E-state index contributed by atoms with van der Waals surface area (Å²) >= 11 is 1.26. The number of nitrogens with zero attached hydrogens (tertiary/aromatic N) is 3. The van der Waals surface area contributed by atoms with Gasteiger partial charge in [0.2, 0.25) is 5.13 Å². The lowest BCUT2D eigenvalue weighted by atomic mass is 10.1. The third-order valence-corrected chi connectivity index (χ3v) is 3.03. The molecule has 17 heavy (non-hydrogen) atoms. The van der Waals surface area contributed by atoms with Crippen molar-refractivity contribution in [1.82, 2.24) is 9.36 Å². The van der Waals surface area contributed by atoms with Crippen LogP contribution in [0, 0.1) is 0 Å². The molecule has 0 aliphatic carbocycles. The summed E-state index contributed by atoms with van der Waals surface area (Å²) in [4.78, 5) is 17.0. The van der Waals surface area contributed by atoms with Crippen LogP contribution in [-0.4, -0.2) is 32.5 Å². The highest BCUT2D eigenvalue weighted by atomic mass is 32.1. The van der Waals surface area contributed by atoms with Gasteiger partial charge in [-0.3, -0.25) is 4.79 Å². The van der Waals surface area contributed by atoms with Crippen LogP contribution in [0.4, 0.5) is 5.13 Å². The molecular formula is C11H19N3O2S. The van der Waals surface area contributed by atoms with Crippen molar-refractivity contribution in [1.29, 1.82) is 0 Å². The molecule has 0 saturated heterocycles. The van der Waals surface area contributed by atoms with Crippen molar-refractivity contribution in [2.45, 2.75) is 46.1 Å². The zero-order valence-corrected chi connectivity index (χ0v) is 11.7. The van der Waals surface area contributed by atoms with Crippen molar-refractivity contribution in [2.75, 3.05) is 11.4 Å². The van der Waals surface area contributed by atoms with Gasteiger partial charge in [0.05, 0.1) is 0 Å². The molecule has 0 fully saturated rings. The van der Waals surface area contributed by atoms with Gasteiger partial charge in [0.1, 0.15) is 12.4 Å². The molecule has 0 atom stereocenters. The fourth-order valence-corrected chi connectivity index (χ4v) is 2.30. The first-order valence-electron chi connectivity index (χ1n) is 5.55. The average Bonchev–Trinajstić information content (AvgIpc) is 2.60. The lowest BCUT2D eigenvalue weighted by Gasteiger charge is -2.33. The second kappa shape index (κ2) is 5.00. The van der Waals surface area contributed by atoms with Gasteiger partial charge in [0.25, 0.3) is 0 Å². The first kappa shape index (κ1) is 13.9. The molecule has 0 aliphatic heterocycles. The molecular weight excluding hydrogens is 238 g/mol. The number of anilines is 1. The van der Waals surface area contributed by atoms with Crippen LogP contribution in [0.25, 0.3) is 0 Å². The molecule has 0 aromatic carbocycles. The predicted octanol–water partition coefficient (Wildman–Crippen LogP) is 2.35. The van der Waals surface area contributed by atoms with Crippen LogP contribution in [0.1, 0.15) is 46.4 Å². The number of carboxylic acids is 1. The second-order valence-electron chi connectivity index (χ2n) is 5.24. The highest BCUT2D eigenvalue weighted by Gasteiger charge is 2.27. The van der Waals surface area contributed by atoms with Crippen LogP contribution in [0.2, 0.25) is 0 Å². The summed E-state index contributed by atoms with van der Waals surface area (Å²) in [7, 11) is 0. The highest BCUT2D eigenvalue weighted by molar-refractivity contribution is 7.09. The quantitative estimate of drug-likeness (QED) is 0.896. The number of rotatable bonds is 4. The third kappa shape index (κ3) is 3.66. The number of carbonyl (C=O) groups is 1. The summed E-state index contributed by atoms with van der Waals surface area (Å²) in [6.07, 6.45) is 0. The van der Waals surface area contributed by atoms with Gasteiger partial charge in [0, 0.05) is 23.0 Å². The topological polar surface area (TPSA) is 66.3 Å². The van der Waals surface area contributed by atoms with Crippen molar-refractivity contribution in [3.05, 3.63) is 5.82 Å². The number of aromatic nitrogens is 2. The van der Waals surface area contributed by atoms with E-state index in [1.165, 1.54) is 11.5 Å². The Hall–Kier alpha value is -1.17. The molecule has 1 rings (SSSR count). The maximum Gasteiger partial charge on any atom is 0.323 e. The third-order valence-electron chi connectivity index (χ3n) is 2.28. The molecule has 1 aromatic rings. The van der Waals surface area contributed by atoms with E-state index in [0.717, 1.165) is 5.82 Å². The van der Waals surface area contributed by atoms with Crippen molar-refractivity contribution in [2.24, 2.45) is 0 Å². The Balaban J connectivity index is 3.00. The van der Waals surface area contributed by atoms with Crippen molar-refractivity contribution in [3.8, 4) is 0 Å². The Morgan fingerprint density at radius 3 is 2.41 bits per heavy atom. The van der Waals surface area contributed by atoms with Crippen LogP contribution in [0.5, 0.6) is 0 Å². The molecule has 6 heteroatoms. The maximum atomic E-state index is 10.9. The minimum absolute atomic E-state index is 0.0593. The van der Waals surface area contributed by atoms with Gasteiger partial charge in [-0.15, -0.1) is 0 Å². The van der Waals surface area contributed by atoms with Gasteiger partial charge >= 0.3 is 5.97 Å². The SMILES string of the molecule is CC(C)c1nsc(N(CC(=O)O)C(C)(C)C)n1. The summed E-state index contributed by atoms with van der Waals surface area (Å²) in [5, 5.41) is 9.61. The van der Waals surface area contributed by atoms with E-state index in [0.29, 0.717) is 5.13 Å². The van der Waals surface area contributed by atoms with Gasteiger partial charge in [-0.2, -0.15) is 4.37 Å². The van der Waals surface area contributed by atoms with Gasteiger partial charge in [0.15, 0.2) is 0 Å². The minimum atomic E-state index is -0.860. The zero-order valence-electron chi connectivity index (χ0n) is 10.9. The molecule has 0 spiro atoms. The minimum Gasteiger partial charge on any atom is -0.480 e. The van der Waals surface area contributed by atoms with E-state index in [1.807, 2.05) is 34.6 Å². The lowest BCUT2D eigenvalue weighted by molar-refractivity contribution is -0.135. The van der Waals surface area contributed by atoms with E-state index in [-0.39, 0.29) is 18.0 Å². The van der Waals surface area contributed by atoms with E-state index in [4.69, 9.17) is 5.11 Å². The van der Waals surface area contributed by atoms with Crippen molar-refractivity contribution in [3.63, 3.8) is 0 Å². The van der Waals surface area contributed by atoms with E-state index in [9.17, 15) is 4.79 Å². The van der Waals surface area contributed by atoms with Gasteiger partial charge in [-0.1, -0.05) is 13.8 Å². The molecule has 1 aromatic heterocycles. The summed E-state index contributed by atoms with van der Waals surface area (Å²) in [5.74, 6) is 0.164. The first-order valence-corrected chi connectivity index (χ1v) is 6.32. The van der Waals surface area contributed by atoms with Crippen molar-refractivity contribution >= 4 is 22.6 Å². The summed E-state index contributed by atoms with van der Waals surface area (Å²) in [5.41, 5.74) is -0.286. The van der Waals surface area contributed by atoms with E-state index >= 15 is 0 Å². The van der Waals surface area contributed by atoms with Crippen molar-refractivity contribution < 1.29 is 9.90 Å². The standard InChI is InChI=1S/C11H19N3O2S/c1-7(2)9-12-10(17-13-9)14(6-8(15)16)11(3,4)5/h7H,6H2,1-5H3,(H,15,16). The molecule has 1 N–H and O–H groups in total. The molecule has 0 unspecified atom stereocenters. The second-order valence-corrected chi connectivity index (χ2v) is 5.97. The normalized spacial score (nSPS) is 11.9. The zero-order chi connectivity index (χ0) is 13.2. The summed E-state index contributed by atoms with van der Waals surface area (Å²) in [6, 6.07) is 0. The molecule has 0 bridgehead atoms. The van der Waals surface area contributed by atoms with Gasteiger partial charge in [-0.05, 0) is 20.8 Å². The summed E-state index contributed by atoms with van der Waals surface area (Å²) in [6.45, 7) is 9.87. The molecule has 5 nitrogen and oxygen atoms in total. The number of carboxylic acid groups (broad SMARTS) is 1. The largest absolute Gasteiger partial charge is 0.480 e. The summed E-state index contributed by atoms with van der Waals surface area (Å²) < 4.78 is 4.25. The molecule has 0 aliphatic rings. The van der Waals surface area contributed by atoms with E-state index < -0.39 is 5.97 Å². The molecule has 0 amide bonds. The van der Waals surface area contributed by atoms with Crippen LogP contribution in [-0.2, 0) is 4.79 Å². The Morgan fingerprint density at radius 1 is 1.47 bits per heavy atom. The van der Waals surface area contributed by atoms with E-state index in [1.54, 1.807) is 4.90 Å². The van der Waals surface area contributed by atoms with E-state index in [2.05, 4.69) is 9.36 Å².